The Hall–Kier alpha value is -1.29. The van der Waals surface area contributed by atoms with Crippen LogP contribution in [0.1, 0.15) is 24.5 Å². The average molecular weight is 325 g/mol. The highest BCUT2D eigenvalue weighted by Crippen LogP contribution is 2.31. The van der Waals surface area contributed by atoms with E-state index in [4.69, 9.17) is 27.9 Å². The number of hydrogen-bond acceptors (Lipinski definition) is 3. The van der Waals surface area contributed by atoms with E-state index in [0.717, 1.165) is 30.6 Å². The van der Waals surface area contributed by atoms with Crippen LogP contribution in [-0.2, 0) is 6.54 Å². The third-order valence-electron chi connectivity index (χ3n) is 2.98. The zero-order chi connectivity index (χ0) is 15.2. The highest BCUT2D eigenvalue weighted by Gasteiger charge is 2.08. The second-order valence-corrected chi connectivity index (χ2v) is 5.66. The van der Waals surface area contributed by atoms with E-state index in [2.05, 4.69) is 17.2 Å². The first kappa shape index (κ1) is 16.1. The van der Waals surface area contributed by atoms with Crippen molar-refractivity contribution in [3.8, 4) is 11.6 Å². The van der Waals surface area contributed by atoms with Crippen LogP contribution in [0.4, 0.5) is 0 Å². The lowest BCUT2D eigenvalue weighted by Gasteiger charge is -2.10. The van der Waals surface area contributed by atoms with Crippen molar-refractivity contribution in [3.05, 3.63) is 51.6 Å². The van der Waals surface area contributed by atoms with Crippen LogP contribution in [0.2, 0.25) is 10.0 Å². The second kappa shape index (κ2) is 7.64. The second-order valence-electron chi connectivity index (χ2n) is 4.82. The van der Waals surface area contributed by atoms with Gasteiger partial charge < -0.3 is 10.1 Å². The molecular weight excluding hydrogens is 307 g/mol. The highest BCUT2D eigenvalue weighted by atomic mass is 35.5. The van der Waals surface area contributed by atoms with Gasteiger partial charge in [-0.1, -0.05) is 36.2 Å². The highest BCUT2D eigenvalue weighted by molar-refractivity contribution is 6.32. The Morgan fingerprint density at radius 2 is 2.05 bits per heavy atom. The summed E-state index contributed by atoms with van der Waals surface area (Å²) < 4.78 is 5.75. The molecular formula is C16H18Cl2N2O. The van der Waals surface area contributed by atoms with Crippen LogP contribution in [-0.4, -0.2) is 11.5 Å². The first-order valence-corrected chi connectivity index (χ1v) is 7.65. The quantitative estimate of drug-likeness (QED) is 0.760. The van der Waals surface area contributed by atoms with Gasteiger partial charge in [-0.15, -0.1) is 0 Å². The van der Waals surface area contributed by atoms with Crippen LogP contribution in [0.15, 0.2) is 30.5 Å². The van der Waals surface area contributed by atoms with Gasteiger partial charge in [0.25, 0.3) is 0 Å². The summed E-state index contributed by atoms with van der Waals surface area (Å²) in [5, 5.41) is 4.42. The number of nitrogens with one attached hydrogen (secondary N) is 1. The largest absolute Gasteiger partial charge is 0.437 e. The number of hydrogen-bond donors (Lipinski definition) is 1. The van der Waals surface area contributed by atoms with Gasteiger partial charge >= 0.3 is 0 Å². The summed E-state index contributed by atoms with van der Waals surface area (Å²) in [4.78, 5) is 4.29. The van der Waals surface area contributed by atoms with Gasteiger partial charge in [0.1, 0.15) is 10.8 Å². The van der Waals surface area contributed by atoms with Crippen molar-refractivity contribution in [1.82, 2.24) is 10.3 Å². The molecule has 0 bridgehead atoms. The van der Waals surface area contributed by atoms with E-state index in [1.807, 2.05) is 25.1 Å². The summed E-state index contributed by atoms with van der Waals surface area (Å²) >= 11 is 12.2. The molecule has 0 spiro atoms. The summed E-state index contributed by atoms with van der Waals surface area (Å²) in [5.41, 5.74) is 2.01. The minimum absolute atomic E-state index is 0.390. The van der Waals surface area contributed by atoms with Crippen molar-refractivity contribution < 1.29 is 4.74 Å². The predicted octanol–water partition coefficient (Wildman–Crippen LogP) is 4.99. The van der Waals surface area contributed by atoms with Gasteiger partial charge in [-0.05, 0) is 49.2 Å². The van der Waals surface area contributed by atoms with Crippen LogP contribution < -0.4 is 10.1 Å². The van der Waals surface area contributed by atoms with Gasteiger partial charge in [-0.25, -0.2) is 4.98 Å². The normalized spacial score (nSPS) is 10.7. The maximum absolute atomic E-state index is 6.24. The van der Waals surface area contributed by atoms with Crippen LogP contribution >= 0.6 is 23.2 Å². The molecule has 0 aliphatic rings. The zero-order valence-electron chi connectivity index (χ0n) is 12.1. The van der Waals surface area contributed by atoms with Gasteiger partial charge in [0, 0.05) is 17.8 Å². The van der Waals surface area contributed by atoms with E-state index in [1.54, 1.807) is 12.3 Å². The molecule has 0 saturated heterocycles. The van der Waals surface area contributed by atoms with E-state index in [1.165, 1.54) is 0 Å². The number of nitrogens with zero attached hydrogens (tertiary/aromatic N) is 1. The van der Waals surface area contributed by atoms with Gasteiger partial charge in [-0.2, -0.15) is 0 Å². The van der Waals surface area contributed by atoms with E-state index in [0.29, 0.717) is 21.7 Å². The van der Waals surface area contributed by atoms with E-state index in [9.17, 15) is 0 Å². The Kier molecular flexibility index (Phi) is 5.85. The van der Waals surface area contributed by atoms with Crippen molar-refractivity contribution >= 4 is 23.2 Å². The number of benzene rings is 1. The Morgan fingerprint density at radius 3 is 2.76 bits per heavy atom. The smallest absolute Gasteiger partial charge is 0.238 e. The predicted molar refractivity (Wildman–Crippen MR) is 87.5 cm³/mol. The number of aromatic nitrogens is 1. The van der Waals surface area contributed by atoms with Crippen molar-refractivity contribution in [2.45, 2.75) is 26.8 Å². The van der Waals surface area contributed by atoms with Gasteiger partial charge in [0.2, 0.25) is 5.88 Å². The van der Waals surface area contributed by atoms with E-state index < -0.39 is 0 Å². The molecule has 1 N–H and O–H groups in total. The van der Waals surface area contributed by atoms with E-state index in [-0.39, 0.29) is 0 Å². The molecule has 0 aliphatic carbocycles. The molecule has 1 heterocycles. The first-order valence-electron chi connectivity index (χ1n) is 6.89. The minimum atomic E-state index is 0.390. The average Bonchev–Trinajstić information content (AvgIpc) is 2.46. The molecule has 0 fully saturated rings. The summed E-state index contributed by atoms with van der Waals surface area (Å²) in [6.45, 7) is 5.79. The van der Waals surface area contributed by atoms with Crippen LogP contribution in [0.25, 0.3) is 0 Å². The van der Waals surface area contributed by atoms with Gasteiger partial charge in [0.05, 0.1) is 0 Å². The third-order valence-corrected chi connectivity index (χ3v) is 3.48. The Bertz CT molecular complexity index is 617. The SMILES string of the molecule is CCCNCc1cnc(Oc2cc(Cl)ccc2C)c(Cl)c1. The van der Waals surface area contributed by atoms with Crippen molar-refractivity contribution in [2.75, 3.05) is 6.54 Å². The topological polar surface area (TPSA) is 34.2 Å². The molecule has 112 valence electrons. The Morgan fingerprint density at radius 1 is 1.24 bits per heavy atom. The minimum Gasteiger partial charge on any atom is -0.437 e. The lowest BCUT2D eigenvalue weighted by atomic mass is 10.2. The molecule has 1 aromatic carbocycles. The molecule has 0 radical (unpaired) electrons. The maximum Gasteiger partial charge on any atom is 0.238 e. The summed E-state index contributed by atoms with van der Waals surface area (Å²) in [6.07, 6.45) is 2.86. The molecule has 0 unspecified atom stereocenters. The van der Waals surface area contributed by atoms with Crippen LogP contribution in [0.5, 0.6) is 11.6 Å². The monoisotopic (exact) mass is 324 g/mol. The zero-order valence-corrected chi connectivity index (χ0v) is 13.6. The lowest BCUT2D eigenvalue weighted by molar-refractivity contribution is 0.459. The summed E-state index contributed by atoms with van der Waals surface area (Å²) in [6, 6.07) is 7.34. The number of halogens is 2. The fraction of sp³-hybridized carbons (Fsp3) is 0.312. The number of pyridine rings is 1. The van der Waals surface area contributed by atoms with Crippen LogP contribution in [0, 0.1) is 6.92 Å². The Labute approximate surface area is 135 Å². The fourth-order valence-corrected chi connectivity index (χ4v) is 2.22. The lowest BCUT2D eigenvalue weighted by Crippen LogP contribution is -2.13. The molecule has 2 aromatic rings. The first-order chi connectivity index (χ1) is 10.1. The number of aryl methyl sites for hydroxylation is 1. The molecule has 2 rings (SSSR count). The number of ether oxygens (including phenoxy) is 1. The molecule has 3 nitrogen and oxygen atoms in total. The van der Waals surface area contributed by atoms with Crippen LogP contribution in [0.3, 0.4) is 0 Å². The fourth-order valence-electron chi connectivity index (χ4n) is 1.83. The summed E-state index contributed by atoms with van der Waals surface area (Å²) in [7, 11) is 0. The molecule has 1 aromatic heterocycles. The standard InChI is InChI=1S/C16H18Cl2N2O/c1-3-6-19-9-12-7-14(18)16(20-10-12)21-15-8-13(17)5-4-11(15)2/h4-5,7-8,10,19H,3,6,9H2,1-2H3. The van der Waals surface area contributed by atoms with Gasteiger partial charge in [0.15, 0.2) is 0 Å². The molecule has 0 atom stereocenters. The Balaban J connectivity index is 2.12. The molecule has 0 aliphatic heterocycles. The molecule has 0 saturated carbocycles. The molecule has 21 heavy (non-hydrogen) atoms. The van der Waals surface area contributed by atoms with Crippen molar-refractivity contribution in [3.63, 3.8) is 0 Å². The van der Waals surface area contributed by atoms with E-state index >= 15 is 0 Å². The number of rotatable bonds is 6. The maximum atomic E-state index is 6.24. The summed E-state index contributed by atoms with van der Waals surface area (Å²) in [5.74, 6) is 1.05. The third kappa shape index (κ3) is 4.60. The van der Waals surface area contributed by atoms with Gasteiger partial charge in [-0.3, -0.25) is 0 Å². The molecule has 5 heteroatoms. The van der Waals surface area contributed by atoms with Crippen molar-refractivity contribution in [1.29, 1.82) is 0 Å². The molecule has 0 amide bonds. The van der Waals surface area contributed by atoms with Crippen molar-refractivity contribution in [2.24, 2.45) is 0 Å².